The highest BCUT2D eigenvalue weighted by molar-refractivity contribution is 5.95. The molecule has 5 nitrogen and oxygen atoms in total. The fourth-order valence-corrected chi connectivity index (χ4v) is 1.43. The van der Waals surface area contributed by atoms with Crippen molar-refractivity contribution in [1.82, 2.24) is 5.32 Å². The second kappa shape index (κ2) is 5.98. The average Bonchev–Trinajstić information content (AvgIpc) is 2.37. The molecule has 0 aromatic heterocycles. The quantitative estimate of drug-likeness (QED) is 0.839. The van der Waals surface area contributed by atoms with Gasteiger partial charge in [0.15, 0.2) is 11.5 Å². The highest BCUT2D eigenvalue weighted by atomic mass is 16.5. The molecule has 1 N–H and O–H groups in total. The van der Waals surface area contributed by atoms with E-state index < -0.39 is 0 Å². The number of carbonyl (C=O) groups excluding carboxylic acids is 1. The van der Waals surface area contributed by atoms with Crippen molar-refractivity contribution in [2.75, 3.05) is 27.9 Å². The predicted octanol–water partition coefficient (Wildman–Crippen LogP) is 1.28. The normalized spacial score (nSPS) is 9.65. The van der Waals surface area contributed by atoms with E-state index in [-0.39, 0.29) is 5.91 Å². The molecule has 0 aliphatic heterocycles. The molecule has 0 spiro atoms. The number of hydrogen-bond donors (Lipinski definition) is 1. The van der Waals surface area contributed by atoms with E-state index in [0.29, 0.717) is 29.4 Å². The first-order valence-corrected chi connectivity index (χ1v) is 5.05. The van der Waals surface area contributed by atoms with E-state index in [1.165, 1.54) is 21.3 Å². The van der Waals surface area contributed by atoms with Crippen LogP contribution in [0, 0.1) is 6.92 Å². The Labute approximate surface area is 101 Å². The average molecular weight is 238 g/mol. The van der Waals surface area contributed by atoms with Crippen molar-refractivity contribution in [2.24, 2.45) is 0 Å². The number of carbonyl (C=O) groups is 1. The van der Waals surface area contributed by atoms with Crippen LogP contribution in [0.1, 0.15) is 10.4 Å². The van der Waals surface area contributed by atoms with Crippen molar-refractivity contribution in [3.63, 3.8) is 0 Å². The van der Waals surface area contributed by atoms with Gasteiger partial charge in [-0.15, -0.1) is 0 Å². The summed E-state index contributed by atoms with van der Waals surface area (Å²) in [6, 6.07) is 3.18. The zero-order valence-corrected chi connectivity index (χ0v) is 10.2. The van der Waals surface area contributed by atoms with Gasteiger partial charge in [0.25, 0.3) is 5.91 Å². The maximum Gasteiger partial charge on any atom is 0.251 e. The minimum atomic E-state index is -0.237. The van der Waals surface area contributed by atoms with Crippen molar-refractivity contribution in [3.8, 4) is 17.2 Å². The molecule has 0 saturated carbocycles. The van der Waals surface area contributed by atoms with Crippen LogP contribution in [0.5, 0.6) is 17.2 Å². The summed E-state index contributed by atoms with van der Waals surface area (Å²) in [6.45, 7) is 3.87. The number of nitrogens with one attached hydrogen (secondary N) is 1. The lowest BCUT2D eigenvalue weighted by Crippen LogP contribution is -2.22. The van der Waals surface area contributed by atoms with Crippen LogP contribution in [0.2, 0.25) is 0 Å². The lowest BCUT2D eigenvalue weighted by molar-refractivity contribution is 0.0957. The van der Waals surface area contributed by atoms with Gasteiger partial charge in [-0.3, -0.25) is 4.79 Å². The van der Waals surface area contributed by atoms with Gasteiger partial charge >= 0.3 is 0 Å². The van der Waals surface area contributed by atoms with E-state index in [4.69, 9.17) is 14.2 Å². The number of methoxy groups -OCH3 is 3. The standard InChI is InChI=1S/C12H16NO4/c1-5-13-12(14)8-6-9(15-2)11(17-4)10(7-8)16-3/h6-7H,1,5H2,2-4H3,(H,13,14). The van der Waals surface area contributed by atoms with Crippen molar-refractivity contribution >= 4 is 5.91 Å². The summed E-state index contributed by atoms with van der Waals surface area (Å²) in [5.41, 5.74) is 0.433. The molecular formula is C12H16NO4. The zero-order chi connectivity index (χ0) is 12.8. The van der Waals surface area contributed by atoms with Gasteiger partial charge in [-0.1, -0.05) is 0 Å². The highest BCUT2D eigenvalue weighted by Crippen LogP contribution is 2.38. The molecule has 0 bridgehead atoms. The molecule has 1 rings (SSSR count). The van der Waals surface area contributed by atoms with Crippen LogP contribution in [0.25, 0.3) is 0 Å². The number of hydrogen-bond acceptors (Lipinski definition) is 4. The first kappa shape index (κ1) is 13.2. The second-order valence-corrected chi connectivity index (χ2v) is 3.17. The molecule has 0 heterocycles. The van der Waals surface area contributed by atoms with Crippen LogP contribution in [-0.2, 0) is 0 Å². The number of benzene rings is 1. The first-order chi connectivity index (χ1) is 8.17. The third-order valence-electron chi connectivity index (χ3n) is 2.21. The van der Waals surface area contributed by atoms with E-state index in [1.54, 1.807) is 12.1 Å². The van der Waals surface area contributed by atoms with Crippen LogP contribution in [-0.4, -0.2) is 33.8 Å². The van der Waals surface area contributed by atoms with Crippen molar-refractivity contribution in [2.45, 2.75) is 0 Å². The van der Waals surface area contributed by atoms with Gasteiger partial charge in [-0.05, 0) is 19.1 Å². The van der Waals surface area contributed by atoms with Gasteiger partial charge in [-0.25, -0.2) is 0 Å². The zero-order valence-electron chi connectivity index (χ0n) is 10.2. The van der Waals surface area contributed by atoms with Crippen LogP contribution in [0.4, 0.5) is 0 Å². The van der Waals surface area contributed by atoms with Gasteiger partial charge in [0.2, 0.25) is 5.75 Å². The van der Waals surface area contributed by atoms with Crippen molar-refractivity contribution in [1.29, 1.82) is 0 Å². The number of amides is 1. The minimum Gasteiger partial charge on any atom is -0.493 e. The molecule has 5 heteroatoms. The van der Waals surface area contributed by atoms with E-state index in [2.05, 4.69) is 12.2 Å². The summed E-state index contributed by atoms with van der Waals surface area (Å²) in [5.74, 6) is 1.11. The topological polar surface area (TPSA) is 56.8 Å². The molecule has 0 atom stereocenters. The summed E-state index contributed by atoms with van der Waals surface area (Å²) in [4.78, 5) is 11.7. The molecule has 93 valence electrons. The molecule has 0 aliphatic rings. The van der Waals surface area contributed by atoms with Crippen LogP contribution < -0.4 is 19.5 Å². The Hall–Kier alpha value is -1.91. The molecule has 1 amide bonds. The summed E-state index contributed by atoms with van der Waals surface area (Å²) >= 11 is 0. The van der Waals surface area contributed by atoms with Gasteiger partial charge in [0.05, 0.1) is 21.3 Å². The number of ether oxygens (including phenoxy) is 3. The molecular weight excluding hydrogens is 222 g/mol. The van der Waals surface area contributed by atoms with Gasteiger partial charge in [0, 0.05) is 12.1 Å². The summed E-state index contributed by atoms with van der Waals surface area (Å²) < 4.78 is 15.5. The Balaban J connectivity index is 3.22. The monoisotopic (exact) mass is 238 g/mol. The van der Waals surface area contributed by atoms with Crippen LogP contribution in [0.3, 0.4) is 0 Å². The Bertz CT molecular complexity index is 378. The second-order valence-electron chi connectivity index (χ2n) is 3.17. The molecule has 17 heavy (non-hydrogen) atoms. The Morgan fingerprint density at radius 1 is 1.18 bits per heavy atom. The predicted molar refractivity (Wildman–Crippen MR) is 63.8 cm³/mol. The summed E-state index contributed by atoms with van der Waals surface area (Å²) in [7, 11) is 4.51. The molecule has 0 unspecified atom stereocenters. The van der Waals surface area contributed by atoms with Crippen molar-refractivity contribution in [3.05, 3.63) is 24.6 Å². The first-order valence-electron chi connectivity index (χ1n) is 5.05. The van der Waals surface area contributed by atoms with Gasteiger partial charge < -0.3 is 19.5 Å². The Kier molecular flexibility index (Phi) is 4.63. The summed E-state index contributed by atoms with van der Waals surface area (Å²) in [5, 5.41) is 2.60. The van der Waals surface area contributed by atoms with E-state index in [9.17, 15) is 4.79 Å². The third-order valence-corrected chi connectivity index (χ3v) is 2.21. The highest BCUT2D eigenvalue weighted by Gasteiger charge is 2.16. The molecule has 1 radical (unpaired) electrons. The Morgan fingerprint density at radius 3 is 2.06 bits per heavy atom. The summed E-state index contributed by atoms with van der Waals surface area (Å²) in [6.07, 6.45) is 0. The Morgan fingerprint density at radius 2 is 1.71 bits per heavy atom. The number of rotatable bonds is 5. The molecule has 0 fully saturated rings. The maximum atomic E-state index is 11.7. The van der Waals surface area contributed by atoms with E-state index in [1.807, 2.05) is 0 Å². The maximum absolute atomic E-state index is 11.7. The lowest BCUT2D eigenvalue weighted by Gasteiger charge is -2.13. The molecule has 0 aliphatic carbocycles. The largest absolute Gasteiger partial charge is 0.493 e. The van der Waals surface area contributed by atoms with Gasteiger partial charge in [-0.2, -0.15) is 0 Å². The molecule has 1 aromatic carbocycles. The van der Waals surface area contributed by atoms with E-state index in [0.717, 1.165) is 0 Å². The SMILES string of the molecule is [CH2]CNC(=O)c1cc(OC)c(OC)c(OC)c1. The third kappa shape index (κ3) is 2.81. The smallest absolute Gasteiger partial charge is 0.251 e. The van der Waals surface area contributed by atoms with Gasteiger partial charge in [0.1, 0.15) is 0 Å². The minimum absolute atomic E-state index is 0.237. The lowest BCUT2D eigenvalue weighted by atomic mass is 10.1. The fourth-order valence-electron chi connectivity index (χ4n) is 1.43. The van der Waals surface area contributed by atoms with Crippen LogP contribution >= 0.6 is 0 Å². The molecule has 1 aromatic rings. The van der Waals surface area contributed by atoms with Crippen LogP contribution in [0.15, 0.2) is 12.1 Å². The van der Waals surface area contributed by atoms with E-state index >= 15 is 0 Å². The molecule has 0 saturated heterocycles. The fraction of sp³-hybridized carbons (Fsp3) is 0.333. The van der Waals surface area contributed by atoms with Crippen molar-refractivity contribution < 1.29 is 19.0 Å².